The molecule has 2 aromatic heterocycles. The first-order valence-corrected chi connectivity index (χ1v) is 6.25. The largest absolute Gasteiger partial charge is 0.528 e. The van der Waals surface area contributed by atoms with Crippen molar-refractivity contribution in [3.8, 4) is 0 Å². The molecule has 10 heteroatoms. The molecule has 0 aliphatic rings. The molecule has 0 saturated carbocycles. The Morgan fingerprint density at radius 1 is 1.50 bits per heavy atom. The Morgan fingerprint density at radius 2 is 2.22 bits per heavy atom. The van der Waals surface area contributed by atoms with Gasteiger partial charge in [-0.05, 0) is 19.1 Å². The summed E-state index contributed by atoms with van der Waals surface area (Å²) >= 11 is 0. The molecule has 0 unspecified atom stereocenters. The van der Waals surface area contributed by atoms with Crippen molar-refractivity contribution in [1.82, 2.24) is 14.6 Å². The summed E-state index contributed by atoms with van der Waals surface area (Å²) in [6, 6.07) is 3.41. The van der Waals surface area contributed by atoms with Crippen molar-refractivity contribution in [1.29, 1.82) is 0 Å². The maximum absolute atomic E-state index is 11.2. The summed E-state index contributed by atoms with van der Waals surface area (Å²) in [7, 11) is -4.88. The standard InChI is InChI=1S/C8H9N4O5P/c1-5-2-3-6-7(9-4-10-12(5)6)11-8(13)17-18(14,15)16/h2-4H,1H3,(H2,14,15,16)(H,9,10,11,13). The van der Waals surface area contributed by atoms with Crippen LogP contribution in [0.3, 0.4) is 0 Å². The fourth-order valence-electron chi connectivity index (χ4n) is 1.39. The van der Waals surface area contributed by atoms with E-state index in [4.69, 9.17) is 9.79 Å². The predicted molar refractivity (Wildman–Crippen MR) is 59.9 cm³/mol. The lowest BCUT2D eigenvalue weighted by molar-refractivity contribution is 0.189. The van der Waals surface area contributed by atoms with Crippen LogP contribution in [0.4, 0.5) is 10.6 Å². The summed E-state index contributed by atoms with van der Waals surface area (Å²) in [6.07, 6.45) is -0.0876. The number of hydrogen-bond acceptors (Lipinski definition) is 5. The lowest BCUT2D eigenvalue weighted by atomic mass is 10.5. The summed E-state index contributed by atoms with van der Waals surface area (Å²) in [4.78, 5) is 31.9. The number of phosphoric ester groups is 1. The summed E-state index contributed by atoms with van der Waals surface area (Å²) < 4.78 is 15.8. The van der Waals surface area contributed by atoms with Crippen LogP contribution in [0.25, 0.3) is 5.52 Å². The number of anilines is 1. The second-order valence-corrected chi connectivity index (χ2v) is 4.54. The molecule has 0 bridgehead atoms. The van der Waals surface area contributed by atoms with E-state index in [0.29, 0.717) is 5.52 Å². The Hall–Kier alpha value is -1.96. The number of nitrogens with one attached hydrogen (secondary N) is 1. The normalized spacial score (nSPS) is 11.5. The highest BCUT2D eigenvalue weighted by Gasteiger charge is 2.21. The van der Waals surface area contributed by atoms with Crippen LogP contribution in [0.15, 0.2) is 18.5 Å². The Morgan fingerprint density at radius 3 is 2.89 bits per heavy atom. The van der Waals surface area contributed by atoms with E-state index in [1.807, 2.05) is 0 Å². The van der Waals surface area contributed by atoms with E-state index < -0.39 is 13.9 Å². The van der Waals surface area contributed by atoms with Gasteiger partial charge < -0.3 is 4.52 Å². The molecular weight excluding hydrogens is 263 g/mol. The second kappa shape index (κ2) is 4.37. The van der Waals surface area contributed by atoms with Gasteiger partial charge in [-0.1, -0.05) is 0 Å². The molecule has 96 valence electrons. The van der Waals surface area contributed by atoms with Gasteiger partial charge in [0.1, 0.15) is 11.8 Å². The molecule has 0 aromatic carbocycles. The SMILES string of the molecule is Cc1ccc2c(NC(=O)OP(=O)(O)O)ncnn12. The highest BCUT2D eigenvalue weighted by Crippen LogP contribution is 2.36. The van der Waals surface area contributed by atoms with Crippen molar-refractivity contribution in [2.24, 2.45) is 0 Å². The van der Waals surface area contributed by atoms with Crippen LogP contribution in [-0.2, 0) is 9.09 Å². The number of carbonyl (C=O) groups is 1. The van der Waals surface area contributed by atoms with E-state index in [0.717, 1.165) is 5.69 Å². The van der Waals surface area contributed by atoms with Gasteiger partial charge in [-0.2, -0.15) is 5.10 Å². The van der Waals surface area contributed by atoms with Crippen molar-refractivity contribution in [3.63, 3.8) is 0 Å². The Labute approximate surface area is 101 Å². The zero-order valence-electron chi connectivity index (χ0n) is 9.14. The third-order valence-electron chi connectivity index (χ3n) is 2.06. The van der Waals surface area contributed by atoms with E-state index in [1.165, 1.54) is 10.8 Å². The van der Waals surface area contributed by atoms with Crippen molar-refractivity contribution >= 4 is 25.3 Å². The summed E-state index contributed by atoms with van der Waals surface area (Å²) in [5.74, 6) is 0.0940. The Kier molecular flexibility index (Phi) is 3.04. The maximum Gasteiger partial charge on any atom is 0.528 e. The summed E-state index contributed by atoms with van der Waals surface area (Å²) in [6.45, 7) is 1.80. The number of rotatable bonds is 2. The van der Waals surface area contributed by atoms with Crippen molar-refractivity contribution in [3.05, 3.63) is 24.2 Å². The minimum absolute atomic E-state index is 0.0940. The van der Waals surface area contributed by atoms with Gasteiger partial charge in [0.15, 0.2) is 5.82 Å². The van der Waals surface area contributed by atoms with E-state index >= 15 is 0 Å². The fourth-order valence-corrected chi connectivity index (χ4v) is 1.65. The Balaban J connectivity index is 2.27. The number of fused-ring (bicyclic) bond motifs is 1. The second-order valence-electron chi connectivity index (χ2n) is 3.37. The lowest BCUT2D eigenvalue weighted by Crippen LogP contribution is -2.14. The zero-order chi connectivity index (χ0) is 13.3. The van der Waals surface area contributed by atoms with E-state index in [2.05, 4.69) is 19.9 Å². The van der Waals surface area contributed by atoms with Gasteiger partial charge >= 0.3 is 13.9 Å². The van der Waals surface area contributed by atoms with Gasteiger partial charge in [0.05, 0.1) is 0 Å². The van der Waals surface area contributed by atoms with Gasteiger partial charge in [0.2, 0.25) is 0 Å². The molecule has 0 fully saturated rings. The molecule has 18 heavy (non-hydrogen) atoms. The lowest BCUT2D eigenvalue weighted by Gasteiger charge is -2.07. The zero-order valence-corrected chi connectivity index (χ0v) is 10.0. The van der Waals surface area contributed by atoms with Crippen molar-refractivity contribution < 1.29 is 23.7 Å². The number of phosphoric acid groups is 1. The summed E-state index contributed by atoms with van der Waals surface area (Å²) in [5.41, 5.74) is 1.30. The third kappa shape index (κ3) is 2.65. The van der Waals surface area contributed by atoms with E-state index in [1.54, 1.807) is 19.1 Å². The molecule has 2 heterocycles. The van der Waals surface area contributed by atoms with Crippen LogP contribution in [0.5, 0.6) is 0 Å². The van der Waals surface area contributed by atoms with E-state index in [9.17, 15) is 9.36 Å². The predicted octanol–water partition coefficient (Wildman–Crippen LogP) is 0.679. The van der Waals surface area contributed by atoms with Crippen LogP contribution in [0.1, 0.15) is 5.69 Å². The molecule has 2 aromatic rings. The molecular formula is C8H9N4O5P. The number of hydrogen-bond donors (Lipinski definition) is 3. The number of carbonyl (C=O) groups excluding carboxylic acids is 1. The minimum Gasteiger partial charge on any atom is -0.353 e. The molecule has 0 aliphatic heterocycles. The smallest absolute Gasteiger partial charge is 0.353 e. The van der Waals surface area contributed by atoms with E-state index in [-0.39, 0.29) is 5.82 Å². The van der Waals surface area contributed by atoms with Crippen LogP contribution in [-0.4, -0.2) is 30.5 Å². The topological polar surface area (TPSA) is 126 Å². The first-order chi connectivity index (χ1) is 8.37. The molecule has 0 spiro atoms. The molecule has 0 saturated heterocycles. The highest BCUT2D eigenvalue weighted by molar-refractivity contribution is 7.46. The molecule has 0 atom stereocenters. The molecule has 1 amide bonds. The van der Waals surface area contributed by atoms with Crippen LogP contribution in [0.2, 0.25) is 0 Å². The van der Waals surface area contributed by atoms with Gasteiger partial charge in [0, 0.05) is 5.69 Å². The Bertz CT molecular complexity index is 648. The van der Waals surface area contributed by atoms with Crippen molar-refractivity contribution in [2.75, 3.05) is 5.32 Å². The fraction of sp³-hybridized carbons (Fsp3) is 0.125. The van der Waals surface area contributed by atoms with Gasteiger partial charge in [-0.3, -0.25) is 15.1 Å². The molecule has 0 radical (unpaired) electrons. The minimum atomic E-state index is -4.88. The quantitative estimate of drug-likeness (QED) is 0.686. The first-order valence-electron chi connectivity index (χ1n) is 4.72. The first kappa shape index (κ1) is 12.5. The number of amides is 1. The van der Waals surface area contributed by atoms with Gasteiger partial charge in [-0.25, -0.2) is 18.9 Å². The average Bonchev–Trinajstić information content (AvgIpc) is 2.59. The molecule has 9 nitrogen and oxygen atoms in total. The summed E-state index contributed by atoms with van der Waals surface area (Å²) in [5, 5.41) is 6.07. The maximum atomic E-state index is 11.2. The molecule has 0 aliphatic carbocycles. The average molecular weight is 272 g/mol. The number of nitrogens with zero attached hydrogens (tertiary/aromatic N) is 3. The van der Waals surface area contributed by atoms with Crippen LogP contribution < -0.4 is 5.32 Å². The van der Waals surface area contributed by atoms with Crippen LogP contribution >= 0.6 is 7.82 Å². The highest BCUT2D eigenvalue weighted by atomic mass is 31.2. The monoisotopic (exact) mass is 272 g/mol. The number of aryl methyl sites for hydroxylation is 1. The van der Waals surface area contributed by atoms with Gasteiger partial charge in [0.25, 0.3) is 0 Å². The molecule has 3 N–H and O–H groups in total. The van der Waals surface area contributed by atoms with Gasteiger partial charge in [-0.15, -0.1) is 0 Å². The van der Waals surface area contributed by atoms with Crippen LogP contribution in [0, 0.1) is 6.92 Å². The molecule has 2 rings (SSSR count). The third-order valence-corrected chi connectivity index (χ3v) is 2.47. The number of aromatic nitrogens is 3. The van der Waals surface area contributed by atoms with Crippen molar-refractivity contribution in [2.45, 2.75) is 6.92 Å².